The maximum absolute atomic E-state index is 10.0. The molecule has 9 rings (SSSR count). The lowest BCUT2D eigenvalue weighted by Gasteiger charge is -2.37. The van der Waals surface area contributed by atoms with Crippen molar-refractivity contribution in [2.75, 3.05) is 0 Å². The quantitative estimate of drug-likeness (QED) is 0.187. The van der Waals surface area contributed by atoms with Crippen molar-refractivity contribution in [3.8, 4) is 22.3 Å². The van der Waals surface area contributed by atoms with Crippen LogP contribution in [0.5, 0.6) is 0 Å². The molecular formula is C46H32. The van der Waals surface area contributed by atoms with Crippen LogP contribution in [-0.2, 0) is 0 Å². The van der Waals surface area contributed by atoms with Gasteiger partial charge in [-0.2, -0.15) is 0 Å². The minimum Gasteiger partial charge on any atom is -0.0760 e. The Morgan fingerprint density at radius 1 is 0.500 bits per heavy atom. The van der Waals surface area contributed by atoms with Crippen LogP contribution in [0.3, 0.4) is 0 Å². The first-order valence-electron chi connectivity index (χ1n) is 25.8. The molecule has 0 radical (unpaired) electrons. The second kappa shape index (κ2) is 11.0. The molecule has 0 heterocycles. The van der Waals surface area contributed by atoms with E-state index in [0.717, 1.165) is 0 Å². The zero-order valence-corrected chi connectivity index (χ0v) is 23.7. The van der Waals surface area contributed by atoms with Gasteiger partial charge in [0.25, 0.3) is 0 Å². The molecule has 2 atom stereocenters. The van der Waals surface area contributed by atoms with Crippen molar-refractivity contribution in [2.45, 2.75) is 5.92 Å². The Bertz CT molecular complexity index is 3620. The van der Waals surface area contributed by atoms with Crippen molar-refractivity contribution in [1.29, 1.82) is 0 Å². The molecule has 2 aliphatic carbocycles. The van der Waals surface area contributed by atoms with Gasteiger partial charge in [-0.3, -0.25) is 0 Å². The van der Waals surface area contributed by atoms with Gasteiger partial charge in [0.2, 0.25) is 0 Å². The maximum atomic E-state index is 10.0. The highest BCUT2D eigenvalue weighted by molar-refractivity contribution is 5.97. The summed E-state index contributed by atoms with van der Waals surface area (Å²) in [5.74, 6) is -3.81. The van der Waals surface area contributed by atoms with Crippen LogP contribution in [0.4, 0.5) is 0 Å². The van der Waals surface area contributed by atoms with Gasteiger partial charge in [0.05, 0.1) is 31.5 Å². The molecule has 216 valence electrons. The van der Waals surface area contributed by atoms with Crippen LogP contribution in [0.1, 0.15) is 59.7 Å². The Hall–Kier alpha value is -5.72. The van der Waals surface area contributed by atoms with Gasteiger partial charge < -0.3 is 0 Å². The van der Waals surface area contributed by atoms with E-state index in [0.29, 0.717) is 10.8 Å². The molecule has 46 heavy (non-hydrogen) atoms. The van der Waals surface area contributed by atoms with Gasteiger partial charge >= 0.3 is 0 Å². The lowest BCUT2D eigenvalue weighted by Crippen LogP contribution is -2.23. The fraction of sp³-hybridized carbons (Fsp3) is 0.0435. The molecule has 0 N–H and O–H groups in total. The van der Waals surface area contributed by atoms with Gasteiger partial charge in [-0.25, -0.2) is 0 Å². The monoisotopic (exact) mass is 607 g/mol. The van der Waals surface area contributed by atoms with E-state index >= 15 is 0 Å². The molecule has 0 heteroatoms. The second-order valence-corrected chi connectivity index (χ2v) is 10.6. The highest BCUT2D eigenvalue weighted by atomic mass is 14.4. The molecule has 7 aromatic rings. The predicted octanol–water partition coefficient (Wildman–Crippen LogP) is 12.0. The first-order chi connectivity index (χ1) is 32.4. The van der Waals surface area contributed by atoms with Gasteiger partial charge in [0, 0.05) is 11.8 Å². The molecule has 0 saturated heterocycles. The highest BCUT2D eigenvalue weighted by Crippen LogP contribution is 2.51. The molecule has 0 bridgehead atoms. The second-order valence-electron chi connectivity index (χ2n) is 10.6. The van der Waals surface area contributed by atoms with Crippen molar-refractivity contribution in [3.05, 3.63) is 209 Å². The molecule has 0 saturated carbocycles. The Kier molecular flexibility index (Phi) is 2.93. The Morgan fingerprint density at radius 2 is 1.30 bits per heavy atom. The number of hydrogen-bond donors (Lipinski definition) is 0. The summed E-state index contributed by atoms with van der Waals surface area (Å²) in [6, 6.07) is -7.38. The van der Waals surface area contributed by atoms with Crippen LogP contribution < -0.4 is 0 Å². The molecule has 0 aromatic heterocycles. The predicted molar refractivity (Wildman–Crippen MR) is 195 cm³/mol. The summed E-state index contributed by atoms with van der Waals surface area (Å²) in [6.07, 6.45) is 0. The summed E-state index contributed by atoms with van der Waals surface area (Å²) in [5, 5.41) is 0.0409. The van der Waals surface area contributed by atoms with Crippen LogP contribution in [-0.4, -0.2) is 0 Å². The average Bonchev–Trinajstić information content (AvgIpc) is 3.33. The Balaban J connectivity index is 1.57. The maximum Gasteiger partial charge on any atom is 0.0636 e. The third-order valence-electron chi connectivity index (χ3n) is 8.07. The van der Waals surface area contributed by atoms with Gasteiger partial charge in [-0.15, -0.1) is 0 Å². The van der Waals surface area contributed by atoms with Gasteiger partial charge in [-0.1, -0.05) is 169 Å². The SMILES string of the molecule is [2H]C1=C([2H])C2=C(c3c([2H])c([2H])c4c([2H])c([2H])c([2H])c([2H])c4c3[2H])c3c([2H])c(-c4c([2H])c([2H])c([2H])c([2H])c4[2H])c([2H])c([2H])c3C(c3c([2H])c([2H])c([2H])c(-c4cccc5ccccc45)c3[2H])C2C([2H])=C1[2H]. The summed E-state index contributed by atoms with van der Waals surface area (Å²) in [4.78, 5) is 0. The summed E-state index contributed by atoms with van der Waals surface area (Å²) in [5.41, 5.74) is -5.05. The number of allylic oxidation sites excluding steroid dienone is 5. The van der Waals surface area contributed by atoms with Crippen LogP contribution in [0.2, 0.25) is 0 Å². The number of rotatable bonds is 4. The fourth-order valence-electron chi connectivity index (χ4n) is 6.05. The lowest BCUT2D eigenvalue weighted by molar-refractivity contribution is 0.649. The van der Waals surface area contributed by atoms with Gasteiger partial charge in [0.1, 0.15) is 0 Å². The Labute approximate surface area is 302 Å². The minimum absolute atomic E-state index is 0.190. The number of benzene rings is 7. The number of fused-ring (bicyclic) bond motifs is 4. The summed E-state index contributed by atoms with van der Waals surface area (Å²) in [6.45, 7) is 0. The summed E-state index contributed by atoms with van der Waals surface area (Å²) in [7, 11) is 0. The van der Waals surface area contributed by atoms with E-state index in [2.05, 4.69) is 0 Å². The van der Waals surface area contributed by atoms with E-state index in [1.165, 1.54) is 0 Å². The van der Waals surface area contributed by atoms with E-state index in [-0.39, 0.29) is 11.1 Å². The summed E-state index contributed by atoms with van der Waals surface area (Å²) < 4.78 is 210. The van der Waals surface area contributed by atoms with Crippen LogP contribution in [0.15, 0.2) is 187 Å². The van der Waals surface area contributed by atoms with E-state index in [1.807, 2.05) is 0 Å². The van der Waals surface area contributed by atoms with Crippen LogP contribution in [0, 0.1) is 5.92 Å². The van der Waals surface area contributed by atoms with E-state index in [4.69, 9.17) is 17.8 Å². The molecule has 0 spiro atoms. The first kappa shape index (κ1) is 12.2. The highest BCUT2D eigenvalue weighted by Gasteiger charge is 2.36. The molecule has 0 fully saturated rings. The van der Waals surface area contributed by atoms with Crippen LogP contribution in [0.25, 0.3) is 49.4 Å². The van der Waals surface area contributed by atoms with Crippen molar-refractivity contribution in [2.24, 2.45) is 5.92 Å². The van der Waals surface area contributed by atoms with E-state index in [1.54, 1.807) is 42.5 Å². The zero-order chi connectivity index (χ0) is 50.5. The first-order valence-corrected chi connectivity index (χ1v) is 14.3. The van der Waals surface area contributed by atoms with Crippen molar-refractivity contribution < 1.29 is 31.5 Å². The van der Waals surface area contributed by atoms with Gasteiger partial charge in [0.15, 0.2) is 0 Å². The topological polar surface area (TPSA) is 0 Å². The van der Waals surface area contributed by atoms with Crippen molar-refractivity contribution >= 4 is 27.1 Å². The smallest absolute Gasteiger partial charge is 0.0636 e. The van der Waals surface area contributed by atoms with Crippen LogP contribution >= 0.6 is 0 Å². The van der Waals surface area contributed by atoms with E-state index in [9.17, 15) is 13.7 Å². The molecular weight excluding hydrogens is 553 g/mol. The number of hydrogen-bond acceptors (Lipinski definition) is 0. The molecule has 2 aliphatic rings. The standard InChI is InChI=1S/C46H32/c1-2-12-31(13-3-1)35-26-27-43-44(30-35)46(38-25-24-32-14-4-5-16-34(32)28-38)42-22-9-8-21-41(42)45(43)37-19-10-18-36(29-37)40-23-11-17-33-15-6-7-20-39(33)40/h1-30,41,45H/i1D,2D,3D,4D,5D,8D,9D,10D,12D,13D,14D,16D,18D,19D,21D,22D,24D,25D,26D,27D,28D,29D,30D. The third-order valence-corrected chi connectivity index (χ3v) is 8.07. The normalized spacial score (nSPS) is 24.7. The molecule has 2 unspecified atom stereocenters. The molecule has 0 aliphatic heterocycles. The lowest BCUT2D eigenvalue weighted by atomic mass is 9.66. The molecule has 7 aromatic carbocycles. The minimum atomic E-state index is -1.91. The Morgan fingerprint density at radius 3 is 2.24 bits per heavy atom. The largest absolute Gasteiger partial charge is 0.0760 e. The van der Waals surface area contributed by atoms with Crippen molar-refractivity contribution in [3.63, 3.8) is 0 Å². The fourth-order valence-corrected chi connectivity index (χ4v) is 6.05. The van der Waals surface area contributed by atoms with Gasteiger partial charge in [-0.05, 0) is 89.3 Å². The third kappa shape index (κ3) is 4.45. The zero-order valence-electron chi connectivity index (χ0n) is 46.7. The summed E-state index contributed by atoms with van der Waals surface area (Å²) >= 11 is 0. The average molecular weight is 608 g/mol. The van der Waals surface area contributed by atoms with Crippen molar-refractivity contribution in [1.82, 2.24) is 0 Å². The van der Waals surface area contributed by atoms with E-state index < -0.39 is 206 Å². The molecule has 0 amide bonds. The molecule has 0 nitrogen and oxygen atoms in total.